The number of anilines is 1. The molecule has 2 unspecified atom stereocenters. The van der Waals surface area contributed by atoms with E-state index in [1.54, 1.807) is 0 Å². The standard InChI is InChI=1S/C11H15N3S/c15-10-1-2-11(13-5-10)14-6-8-3-12-4-9(8)7-14/h1-2,5,8-9,12,15H,3-4,6-7H2. The van der Waals surface area contributed by atoms with Crippen LogP contribution in [0.5, 0.6) is 0 Å². The van der Waals surface area contributed by atoms with Gasteiger partial charge >= 0.3 is 0 Å². The zero-order chi connectivity index (χ0) is 10.3. The van der Waals surface area contributed by atoms with Crippen LogP contribution < -0.4 is 10.2 Å². The van der Waals surface area contributed by atoms with Gasteiger partial charge in [-0.25, -0.2) is 4.98 Å². The highest BCUT2D eigenvalue weighted by atomic mass is 32.1. The summed E-state index contributed by atoms with van der Waals surface area (Å²) < 4.78 is 0. The zero-order valence-electron chi connectivity index (χ0n) is 8.56. The van der Waals surface area contributed by atoms with Crippen molar-refractivity contribution >= 4 is 18.4 Å². The normalized spacial score (nSPS) is 29.5. The van der Waals surface area contributed by atoms with E-state index in [0.29, 0.717) is 0 Å². The van der Waals surface area contributed by atoms with Crippen molar-refractivity contribution in [3.8, 4) is 0 Å². The molecule has 0 aliphatic carbocycles. The van der Waals surface area contributed by atoms with Crippen molar-refractivity contribution in [1.82, 2.24) is 10.3 Å². The Morgan fingerprint density at radius 3 is 2.60 bits per heavy atom. The summed E-state index contributed by atoms with van der Waals surface area (Å²) in [5.41, 5.74) is 0. The molecule has 0 radical (unpaired) electrons. The quantitative estimate of drug-likeness (QED) is 0.694. The lowest BCUT2D eigenvalue weighted by molar-refractivity contribution is 0.533. The number of fused-ring (bicyclic) bond motifs is 1. The lowest BCUT2D eigenvalue weighted by Crippen LogP contribution is -2.26. The lowest BCUT2D eigenvalue weighted by atomic mass is 10.0. The molecule has 4 heteroatoms. The van der Waals surface area contributed by atoms with Gasteiger partial charge in [-0.3, -0.25) is 0 Å². The average Bonchev–Trinajstić information content (AvgIpc) is 2.78. The smallest absolute Gasteiger partial charge is 0.128 e. The van der Waals surface area contributed by atoms with Crippen molar-refractivity contribution in [1.29, 1.82) is 0 Å². The predicted molar refractivity (Wildman–Crippen MR) is 63.6 cm³/mol. The summed E-state index contributed by atoms with van der Waals surface area (Å²) in [6.07, 6.45) is 1.82. The Morgan fingerprint density at radius 1 is 1.27 bits per heavy atom. The van der Waals surface area contributed by atoms with Crippen molar-refractivity contribution in [3.05, 3.63) is 18.3 Å². The van der Waals surface area contributed by atoms with E-state index in [1.807, 2.05) is 12.3 Å². The molecule has 3 heterocycles. The number of pyridine rings is 1. The van der Waals surface area contributed by atoms with Crippen LogP contribution in [0.25, 0.3) is 0 Å². The van der Waals surface area contributed by atoms with Crippen molar-refractivity contribution in [2.24, 2.45) is 11.8 Å². The minimum atomic E-state index is 0.822. The fourth-order valence-electron chi connectivity index (χ4n) is 2.61. The molecule has 0 amide bonds. The van der Waals surface area contributed by atoms with Gasteiger partial charge in [0.2, 0.25) is 0 Å². The largest absolute Gasteiger partial charge is 0.356 e. The first-order valence-corrected chi connectivity index (χ1v) is 5.88. The summed E-state index contributed by atoms with van der Waals surface area (Å²) in [4.78, 5) is 7.74. The van der Waals surface area contributed by atoms with Gasteiger partial charge in [0.1, 0.15) is 5.82 Å². The van der Waals surface area contributed by atoms with Crippen LogP contribution in [0, 0.1) is 11.8 Å². The molecule has 0 aromatic carbocycles. The van der Waals surface area contributed by atoms with Gasteiger partial charge in [0.15, 0.2) is 0 Å². The minimum absolute atomic E-state index is 0.822. The molecular weight excluding hydrogens is 206 g/mol. The first-order chi connectivity index (χ1) is 7.33. The zero-order valence-corrected chi connectivity index (χ0v) is 9.45. The van der Waals surface area contributed by atoms with E-state index in [2.05, 4.69) is 33.9 Å². The summed E-state index contributed by atoms with van der Waals surface area (Å²) in [5, 5.41) is 3.45. The third kappa shape index (κ3) is 1.72. The second kappa shape index (κ2) is 3.68. The van der Waals surface area contributed by atoms with Crippen LogP contribution >= 0.6 is 12.6 Å². The molecule has 3 nitrogen and oxygen atoms in total. The van der Waals surface area contributed by atoms with Gasteiger partial charge in [0.25, 0.3) is 0 Å². The summed E-state index contributed by atoms with van der Waals surface area (Å²) >= 11 is 4.25. The van der Waals surface area contributed by atoms with Crippen LogP contribution in [0.2, 0.25) is 0 Å². The molecule has 1 aromatic heterocycles. The van der Waals surface area contributed by atoms with Gasteiger partial charge in [-0.15, -0.1) is 12.6 Å². The van der Waals surface area contributed by atoms with Crippen molar-refractivity contribution in [2.75, 3.05) is 31.1 Å². The highest BCUT2D eigenvalue weighted by Gasteiger charge is 2.36. The van der Waals surface area contributed by atoms with Gasteiger partial charge < -0.3 is 10.2 Å². The molecule has 80 valence electrons. The van der Waals surface area contributed by atoms with E-state index in [1.165, 1.54) is 13.1 Å². The monoisotopic (exact) mass is 221 g/mol. The molecule has 1 aromatic rings. The number of nitrogens with zero attached hydrogens (tertiary/aromatic N) is 2. The summed E-state index contributed by atoms with van der Waals surface area (Å²) in [6.45, 7) is 4.64. The van der Waals surface area contributed by atoms with Crippen LogP contribution in [0.4, 0.5) is 5.82 Å². The molecule has 1 N–H and O–H groups in total. The van der Waals surface area contributed by atoms with Gasteiger partial charge in [-0.05, 0) is 24.0 Å². The number of rotatable bonds is 1. The fraction of sp³-hybridized carbons (Fsp3) is 0.545. The van der Waals surface area contributed by atoms with E-state index in [0.717, 1.165) is 35.6 Å². The third-order valence-electron chi connectivity index (χ3n) is 3.45. The first kappa shape index (κ1) is 9.48. The second-order valence-corrected chi connectivity index (χ2v) is 4.97. The van der Waals surface area contributed by atoms with Gasteiger partial charge in [0.05, 0.1) is 0 Å². The van der Waals surface area contributed by atoms with Crippen LogP contribution in [0.3, 0.4) is 0 Å². The van der Waals surface area contributed by atoms with Crippen LogP contribution in [0.15, 0.2) is 23.2 Å². The number of thiol groups is 1. The molecule has 2 fully saturated rings. The molecule has 0 spiro atoms. The minimum Gasteiger partial charge on any atom is -0.356 e. The molecule has 2 aliphatic rings. The highest BCUT2D eigenvalue weighted by molar-refractivity contribution is 7.80. The number of aromatic nitrogens is 1. The number of hydrogen-bond donors (Lipinski definition) is 2. The fourth-order valence-corrected chi connectivity index (χ4v) is 2.74. The van der Waals surface area contributed by atoms with Crippen molar-refractivity contribution in [2.45, 2.75) is 4.90 Å². The molecule has 2 saturated heterocycles. The molecule has 3 rings (SSSR count). The van der Waals surface area contributed by atoms with E-state index in [9.17, 15) is 0 Å². The predicted octanol–water partition coefficient (Wildman–Crippen LogP) is 1.03. The SMILES string of the molecule is Sc1ccc(N2CC3CNCC3C2)nc1. The Balaban J connectivity index is 1.76. The summed E-state index contributed by atoms with van der Waals surface area (Å²) in [6, 6.07) is 4.08. The molecule has 0 saturated carbocycles. The number of hydrogen-bond acceptors (Lipinski definition) is 4. The highest BCUT2D eigenvalue weighted by Crippen LogP contribution is 2.29. The van der Waals surface area contributed by atoms with Crippen molar-refractivity contribution in [3.63, 3.8) is 0 Å². The Morgan fingerprint density at radius 2 is 2.00 bits per heavy atom. The van der Waals surface area contributed by atoms with E-state index >= 15 is 0 Å². The molecule has 2 aliphatic heterocycles. The lowest BCUT2D eigenvalue weighted by Gasteiger charge is -2.18. The molecular formula is C11H15N3S. The van der Waals surface area contributed by atoms with Gasteiger partial charge in [-0.1, -0.05) is 0 Å². The van der Waals surface area contributed by atoms with E-state index in [4.69, 9.17) is 0 Å². The maximum Gasteiger partial charge on any atom is 0.128 e. The second-order valence-electron chi connectivity index (χ2n) is 4.46. The Bertz CT molecular complexity index is 339. The Kier molecular flexibility index (Phi) is 2.33. The van der Waals surface area contributed by atoms with Crippen LogP contribution in [0.1, 0.15) is 0 Å². The van der Waals surface area contributed by atoms with Crippen LogP contribution in [-0.4, -0.2) is 31.2 Å². The molecule has 2 atom stereocenters. The Hall–Kier alpha value is -0.740. The van der Waals surface area contributed by atoms with Crippen LogP contribution in [-0.2, 0) is 0 Å². The molecule has 0 bridgehead atoms. The summed E-state index contributed by atoms with van der Waals surface area (Å²) in [7, 11) is 0. The maximum atomic E-state index is 4.42. The third-order valence-corrected chi connectivity index (χ3v) is 3.71. The van der Waals surface area contributed by atoms with Gasteiger partial charge in [0, 0.05) is 37.3 Å². The Labute approximate surface area is 95.3 Å². The first-order valence-electron chi connectivity index (χ1n) is 5.43. The maximum absolute atomic E-state index is 4.42. The van der Waals surface area contributed by atoms with Crippen molar-refractivity contribution < 1.29 is 0 Å². The summed E-state index contributed by atoms with van der Waals surface area (Å²) in [5.74, 6) is 2.74. The van der Waals surface area contributed by atoms with E-state index in [-0.39, 0.29) is 0 Å². The number of nitrogens with one attached hydrogen (secondary N) is 1. The topological polar surface area (TPSA) is 28.2 Å². The van der Waals surface area contributed by atoms with E-state index < -0.39 is 0 Å². The molecule has 15 heavy (non-hydrogen) atoms. The van der Waals surface area contributed by atoms with Gasteiger partial charge in [-0.2, -0.15) is 0 Å². The average molecular weight is 221 g/mol.